The van der Waals surface area contributed by atoms with E-state index in [0.29, 0.717) is 47.6 Å². The zero-order chi connectivity index (χ0) is 19.7. The number of quaternary nitrogens is 1. The Morgan fingerprint density at radius 2 is 1.96 bits per heavy atom. The molecule has 1 saturated heterocycles. The average molecular weight is 425 g/mol. The Labute approximate surface area is 167 Å². The fraction of sp³-hybridized carbons (Fsp3) is 0.389. The van der Waals surface area contributed by atoms with Crippen molar-refractivity contribution in [3.8, 4) is 11.5 Å². The van der Waals surface area contributed by atoms with Crippen LogP contribution in [0, 0.1) is 0 Å². The monoisotopic (exact) mass is 424 g/mol. The highest BCUT2D eigenvalue weighted by atomic mass is 32.2. The van der Waals surface area contributed by atoms with Crippen molar-refractivity contribution in [2.24, 2.45) is 0 Å². The second-order valence-corrected chi connectivity index (χ2v) is 9.89. The van der Waals surface area contributed by atoms with Crippen LogP contribution in [0.5, 0.6) is 11.5 Å². The molecule has 2 N–H and O–H groups in total. The normalized spacial score (nSPS) is 18.8. The third-order valence-electron chi connectivity index (χ3n) is 5.10. The zero-order valence-electron chi connectivity index (χ0n) is 15.4. The van der Waals surface area contributed by atoms with Crippen LogP contribution in [0.25, 0.3) is 0 Å². The predicted molar refractivity (Wildman–Crippen MR) is 104 cm³/mol. The number of benzene rings is 1. The van der Waals surface area contributed by atoms with Crippen molar-refractivity contribution in [2.75, 3.05) is 38.3 Å². The minimum atomic E-state index is -3.43. The van der Waals surface area contributed by atoms with Crippen molar-refractivity contribution in [1.82, 2.24) is 4.31 Å². The molecule has 28 heavy (non-hydrogen) atoms. The molecule has 2 aromatic rings. The molecule has 1 atom stereocenters. The van der Waals surface area contributed by atoms with Gasteiger partial charge >= 0.3 is 0 Å². The van der Waals surface area contributed by atoms with Crippen molar-refractivity contribution in [3.63, 3.8) is 0 Å². The summed E-state index contributed by atoms with van der Waals surface area (Å²) in [5.41, 5.74) is 0.652. The zero-order valence-corrected chi connectivity index (χ0v) is 17.0. The number of hydrogen-bond acceptors (Lipinski definition) is 6. The minimum Gasteiger partial charge on any atom is -0.454 e. The summed E-state index contributed by atoms with van der Waals surface area (Å²) in [7, 11) is -3.43. The molecule has 1 aromatic carbocycles. The fourth-order valence-electron chi connectivity index (χ4n) is 3.39. The molecule has 0 unspecified atom stereocenters. The lowest BCUT2D eigenvalue weighted by molar-refractivity contribution is -0.917. The first-order valence-electron chi connectivity index (χ1n) is 9.04. The molecule has 150 valence electrons. The van der Waals surface area contributed by atoms with E-state index >= 15 is 0 Å². The van der Waals surface area contributed by atoms with Gasteiger partial charge in [-0.3, -0.25) is 4.79 Å². The van der Waals surface area contributed by atoms with E-state index in [9.17, 15) is 13.2 Å². The molecule has 10 heteroatoms. The van der Waals surface area contributed by atoms with Gasteiger partial charge in [0.05, 0.1) is 26.2 Å². The van der Waals surface area contributed by atoms with Crippen LogP contribution in [-0.2, 0) is 14.8 Å². The number of amides is 1. The Kier molecular flexibility index (Phi) is 5.28. The summed E-state index contributed by atoms with van der Waals surface area (Å²) < 4.78 is 37.7. The molecule has 0 spiro atoms. The van der Waals surface area contributed by atoms with Gasteiger partial charge in [0.1, 0.15) is 4.21 Å². The maximum Gasteiger partial charge on any atom is 0.282 e. The second-order valence-electron chi connectivity index (χ2n) is 6.77. The highest BCUT2D eigenvalue weighted by Gasteiger charge is 2.34. The van der Waals surface area contributed by atoms with Crippen molar-refractivity contribution < 1.29 is 27.6 Å². The number of rotatable bonds is 5. The van der Waals surface area contributed by atoms with Crippen molar-refractivity contribution >= 4 is 33.0 Å². The smallest absolute Gasteiger partial charge is 0.282 e. The van der Waals surface area contributed by atoms with E-state index in [2.05, 4.69) is 5.32 Å². The molecule has 0 radical (unpaired) electrons. The topological polar surface area (TPSA) is 89.4 Å². The number of hydrogen-bond donors (Lipinski definition) is 2. The van der Waals surface area contributed by atoms with Gasteiger partial charge in [0.15, 0.2) is 17.5 Å². The van der Waals surface area contributed by atoms with Gasteiger partial charge in [-0.2, -0.15) is 4.31 Å². The first-order valence-corrected chi connectivity index (χ1v) is 11.4. The summed E-state index contributed by atoms with van der Waals surface area (Å²) in [6, 6.07) is 8.36. The standard InChI is InChI=1S/C18H21N3O5S2/c1-13(18(22)19-14-4-5-15-16(11-14)26-12-25-15)20-6-8-21(9-7-20)28(23,24)17-3-2-10-27-17/h2-5,10-11,13H,6-9,12H2,1H3,(H,19,22)/p+1/t13-/m0/s1. The van der Waals surface area contributed by atoms with E-state index in [4.69, 9.17) is 9.47 Å². The van der Waals surface area contributed by atoms with Crippen molar-refractivity contribution in [3.05, 3.63) is 35.7 Å². The van der Waals surface area contributed by atoms with Crippen LogP contribution in [-0.4, -0.2) is 57.6 Å². The van der Waals surface area contributed by atoms with Gasteiger partial charge in [0.25, 0.3) is 15.9 Å². The Balaban J connectivity index is 1.34. The van der Waals surface area contributed by atoms with E-state index in [0.717, 1.165) is 4.90 Å². The summed E-state index contributed by atoms with van der Waals surface area (Å²) in [5.74, 6) is 1.17. The van der Waals surface area contributed by atoms with E-state index in [-0.39, 0.29) is 18.7 Å². The van der Waals surface area contributed by atoms with E-state index in [1.807, 2.05) is 6.92 Å². The van der Waals surface area contributed by atoms with E-state index in [1.165, 1.54) is 15.6 Å². The van der Waals surface area contributed by atoms with Crippen LogP contribution in [0.4, 0.5) is 5.69 Å². The summed E-state index contributed by atoms with van der Waals surface area (Å²) >= 11 is 1.23. The molecule has 2 aliphatic rings. The number of piperazine rings is 1. The summed E-state index contributed by atoms with van der Waals surface area (Å²) in [6.45, 7) is 4.02. The van der Waals surface area contributed by atoms with E-state index in [1.54, 1.807) is 35.7 Å². The SMILES string of the molecule is C[C@@H](C(=O)Nc1ccc2c(c1)OCO2)[NH+]1CCN(S(=O)(=O)c2cccs2)CC1. The predicted octanol–water partition coefficient (Wildman–Crippen LogP) is 0.393. The molecule has 1 aromatic heterocycles. The summed E-state index contributed by atoms with van der Waals surface area (Å²) in [5, 5.41) is 4.67. The maximum atomic E-state index is 12.6. The molecule has 0 aliphatic carbocycles. The number of anilines is 1. The number of carbonyl (C=O) groups is 1. The highest BCUT2D eigenvalue weighted by Crippen LogP contribution is 2.34. The number of nitrogens with zero attached hydrogens (tertiary/aromatic N) is 1. The number of thiophene rings is 1. The van der Waals surface area contributed by atoms with Crippen LogP contribution in [0.1, 0.15) is 6.92 Å². The first-order chi connectivity index (χ1) is 13.4. The minimum absolute atomic E-state index is 0.108. The highest BCUT2D eigenvalue weighted by molar-refractivity contribution is 7.91. The van der Waals surface area contributed by atoms with Gasteiger partial charge in [-0.05, 0) is 30.5 Å². The van der Waals surface area contributed by atoms with E-state index < -0.39 is 10.0 Å². The second kappa shape index (κ2) is 7.70. The quantitative estimate of drug-likeness (QED) is 0.725. The molecule has 1 fully saturated rings. The van der Waals surface area contributed by atoms with Crippen LogP contribution in [0.15, 0.2) is 39.9 Å². The number of sulfonamides is 1. The Morgan fingerprint density at radius 1 is 1.21 bits per heavy atom. The van der Waals surface area contributed by atoms with Gasteiger partial charge in [0, 0.05) is 11.8 Å². The van der Waals surface area contributed by atoms with Crippen LogP contribution in [0.2, 0.25) is 0 Å². The van der Waals surface area contributed by atoms with Crippen molar-refractivity contribution in [1.29, 1.82) is 0 Å². The molecule has 0 saturated carbocycles. The van der Waals surface area contributed by atoms with Gasteiger partial charge in [-0.15, -0.1) is 11.3 Å². The maximum absolute atomic E-state index is 12.6. The Hall–Kier alpha value is -2.14. The third-order valence-corrected chi connectivity index (χ3v) is 8.37. The summed E-state index contributed by atoms with van der Waals surface area (Å²) in [6.07, 6.45) is 0. The van der Waals surface area contributed by atoms with Crippen LogP contribution < -0.4 is 19.7 Å². The van der Waals surface area contributed by atoms with Gasteiger partial charge in [-0.1, -0.05) is 6.07 Å². The molecule has 4 rings (SSSR count). The summed E-state index contributed by atoms with van der Waals surface area (Å²) in [4.78, 5) is 13.7. The third kappa shape index (κ3) is 3.72. The molecule has 2 aliphatic heterocycles. The van der Waals surface area contributed by atoms with Crippen LogP contribution >= 0.6 is 11.3 Å². The number of ether oxygens (including phenoxy) is 2. The number of nitrogens with one attached hydrogen (secondary N) is 2. The van der Waals surface area contributed by atoms with Gasteiger partial charge in [0.2, 0.25) is 6.79 Å². The van der Waals surface area contributed by atoms with Gasteiger partial charge in [-0.25, -0.2) is 8.42 Å². The molecule has 1 amide bonds. The average Bonchev–Trinajstić information content (AvgIpc) is 3.39. The Bertz CT molecular complexity index is 954. The van der Waals surface area contributed by atoms with Gasteiger partial charge < -0.3 is 19.7 Å². The lowest BCUT2D eigenvalue weighted by Gasteiger charge is -2.33. The first kappa shape index (κ1) is 19.2. The lowest BCUT2D eigenvalue weighted by Crippen LogP contribution is -3.19. The fourth-order valence-corrected chi connectivity index (χ4v) is 5.98. The molecule has 3 heterocycles. The lowest BCUT2D eigenvalue weighted by atomic mass is 10.2. The molecule has 0 bridgehead atoms. The number of carbonyl (C=O) groups excluding carboxylic acids is 1. The Morgan fingerprint density at radius 3 is 2.68 bits per heavy atom. The molecular weight excluding hydrogens is 402 g/mol. The number of fused-ring (bicyclic) bond motifs is 1. The molecular formula is C18H22N3O5S2+. The molecule has 8 nitrogen and oxygen atoms in total. The van der Waals surface area contributed by atoms with Crippen molar-refractivity contribution in [2.45, 2.75) is 17.2 Å². The van der Waals surface area contributed by atoms with Crippen LogP contribution in [0.3, 0.4) is 0 Å². The largest absolute Gasteiger partial charge is 0.454 e.